The molecule has 0 aliphatic heterocycles. The molecule has 13 heavy (non-hydrogen) atoms. The Kier molecular flexibility index (Phi) is 2.91. The zero-order valence-electron chi connectivity index (χ0n) is 6.80. The Balaban J connectivity index is 3.56. The highest BCUT2D eigenvalue weighted by atomic mass is 31.0. The lowest BCUT2D eigenvalue weighted by Crippen LogP contribution is -2.15. The lowest BCUT2D eigenvalue weighted by molar-refractivity contribution is 0.408. The molecule has 0 saturated heterocycles. The summed E-state index contributed by atoms with van der Waals surface area (Å²) in [6.07, 6.45) is 0.110. The van der Waals surface area contributed by atoms with Gasteiger partial charge in [0.25, 0.3) is 0 Å². The molecule has 0 radical (unpaired) electrons. The van der Waals surface area contributed by atoms with E-state index in [1.54, 1.807) is 0 Å². The molecule has 0 nitrogen and oxygen atoms in total. The van der Waals surface area contributed by atoms with Crippen LogP contribution in [0, 0.1) is 23.3 Å². The zero-order valence-corrected chi connectivity index (χ0v) is 7.95. The molecular weight excluding hydrogens is 203 g/mol. The third-order valence-corrected chi connectivity index (χ3v) is 2.36. The van der Waals surface area contributed by atoms with Gasteiger partial charge in [-0.15, -0.1) is 9.24 Å². The van der Waals surface area contributed by atoms with Gasteiger partial charge in [-0.1, -0.05) is 6.92 Å². The van der Waals surface area contributed by atoms with Gasteiger partial charge in [0.2, 0.25) is 0 Å². The van der Waals surface area contributed by atoms with Gasteiger partial charge in [0.1, 0.15) is 0 Å². The average Bonchev–Trinajstić information content (AvgIpc) is 2.13. The Hall–Kier alpha value is -0.630. The summed E-state index contributed by atoms with van der Waals surface area (Å²) in [6, 6.07) is 0. The van der Waals surface area contributed by atoms with Gasteiger partial charge in [0, 0.05) is 10.9 Å². The van der Waals surface area contributed by atoms with E-state index < -0.39 is 23.3 Å². The van der Waals surface area contributed by atoms with Gasteiger partial charge in [0.15, 0.2) is 23.3 Å². The summed E-state index contributed by atoms with van der Waals surface area (Å²) in [5, 5.41) is -0.251. The molecule has 0 heterocycles. The van der Waals surface area contributed by atoms with Crippen molar-refractivity contribution in [3.63, 3.8) is 0 Å². The van der Waals surface area contributed by atoms with E-state index in [2.05, 4.69) is 0 Å². The SMILES string of the molecule is CCc1c(F)c(F)c(F)c(F)c1P. The number of hydrogen-bond donors (Lipinski definition) is 0. The Morgan fingerprint density at radius 2 is 1.38 bits per heavy atom. The first-order valence-electron chi connectivity index (χ1n) is 3.61. The first kappa shape index (κ1) is 10.5. The maximum atomic E-state index is 12.9. The molecule has 0 amide bonds. The molecule has 5 heteroatoms. The quantitative estimate of drug-likeness (QED) is 0.289. The smallest absolute Gasteiger partial charge is 0.198 e. The van der Waals surface area contributed by atoms with Crippen LogP contribution < -0.4 is 5.30 Å². The normalized spacial score (nSPS) is 10.6. The minimum absolute atomic E-state index is 0.110. The Morgan fingerprint density at radius 3 is 1.85 bits per heavy atom. The van der Waals surface area contributed by atoms with E-state index in [0.717, 1.165) is 0 Å². The molecule has 1 atom stereocenters. The van der Waals surface area contributed by atoms with Crippen LogP contribution in [0.5, 0.6) is 0 Å². The van der Waals surface area contributed by atoms with Crippen molar-refractivity contribution in [1.29, 1.82) is 0 Å². The number of benzene rings is 1. The summed E-state index contributed by atoms with van der Waals surface area (Å²) in [6.45, 7) is 1.53. The van der Waals surface area contributed by atoms with Gasteiger partial charge in [-0.25, -0.2) is 17.6 Å². The molecule has 0 aliphatic rings. The standard InChI is InChI=1S/C8H7F4P/c1-2-3-4(9)5(10)6(11)7(12)8(3)13/h2,13H2,1H3. The molecule has 0 saturated carbocycles. The van der Waals surface area contributed by atoms with Gasteiger partial charge in [-0.05, 0) is 6.42 Å². The van der Waals surface area contributed by atoms with Crippen molar-refractivity contribution in [1.82, 2.24) is 0 Å². The lowest BCUT2D eigenvalue weighted by Gasteiger charge is -2.07. The number of hydrogen-bond acceptors (Lipinski definition) is 0. The van der Waals surface area contributed by atoms with Crippen molar-refractivity contribution >= 4 is 14.5 Å². The fourth-order valence-electron chi connectivity index (χ4n) is 1.04. The summed E-state index contributed by atoms with van der Waals surface area (Å²) in [4.78, 5) is 0. The predicted molar refractivity (Wildman–Crippen MR) is 45.0 cm³/mol. The van der Waals surface area contributed by atoms with Crippen LogP contribution in [-0.4, -0.2) is 0 Å². The first-order chi connectivity index (χ1) is 6.00. The van der Waals surface area contributed by atoms with Crippen molar-refractivity contribution in [3.05, 3.63) is 28.8 Å². The van der Waals surface area contributed by atoms with Crippen LogP contribution in [-0.2, 0) is 6.42 Å². The van der Waals surface area contributed by atoms with Crippen molar-refractivity contribution in [2.45, 2.75) is 13.3 Å². The fraction of sp³-hybridized carbons (Fsp3) is 0.250. The van der Waals surface area contributed by atoms with Crippen LogP contribution in [0.1, 0.15) is 12.5 Å². The molecule has 1 aromatic rings. The minimum atomic E-state index is -1.76. The Labute approximate surface area is 75.2 Å². The van der Waals surface area contributed by atoms with Gasteiger partial charge >= 0.3 is 0 Å². The fourth-order valence-corrected chi connectivity index (χ4v) is 1.50. The summed E-state index contributed by atoms with van der Waals surface area (Å²) >= 11 is 0. The molecule has 0 N–H and O–H groups in total. The molecule has 0 aliphatic carbocycles. The van der Waals surface area contributed by atoms with Crippen LogP contribution in [0.3, 0.4) is 0 Å². The third kappa shape index (κ3) is 1.55. The van der Waals surface area contributed by atoms with Crippen molar-refractivity contribution in [2.75, 3.05) is 0 Å². The number of rotatable bonds is 1. The van der Waals surface area contributed by atoms with Crippen molar-refractivity contribution in [2.24, 2.45) is 0 Å². The van der Waals surface area contributed by atoms with Crippen molar-refractivity contribution in [3.8, 4) is 0 Å². The predicted octanol–water partition coefficient (Wildman–Crippen LogP) is 2.31. The third-order valence-electron chi connectivity index (χ3n) is 1.76. The first-order valence-corrected chi connectivity index (χ1v) is 4.18. The van der Waals surface area contributed by atoms with Crippen LogP contribution in [0.15, 0.2) is 0 Å². The van der Waals surface area contributed by atoms with E-state index in [9.17, 15) is 17.6 Å². The van der Waals surface area contributed by atoms with Gasteiger partial charge in [-0.2, -0.15) is 0 Å². The molecule has 1 rings (SSSR count). The Morgan fingerprint density at radius 1 is 0.923 bits per heavy atom. The molecule has 72 valence electrons. The molecule has 0 spiro atoms. The van der Waals surface area contributed by atoms with Gasteiger partial charge in [-0.3, -0.25) is 0 Å². The number of halogens is 4. The highest BCUT2D eigenvalue weighted by Crippen LogP contribution is 2.19. The van der Waals surface area contributed by atoms with Crippen LogP contribution in [0.25, 0.3) is 0 Å². The highest BCUT2D eigenvalue weighted by Gasteiger charge is 2.21. The average molecular weight is 210 g/mol. The second-order valence-electron chi connectivity index (χ2n) is 2.50. The maximum absolute atomic E-state index is 12.9. The van der Waals surface area contributed by atoms with Crippen LogP contribution in [0.2, 0.25) is 0 Å². The van der Waals surface area contributed by atoms with Gasteiger partial charge < -0.3 is 0 Å². The van der Waals surface area contributed by atoms with E-state index in [1.165, 1.54) is 6.92 Å². The second-order valence-corrected chi connectivity index (χ2v) is 3.08. The molecule has 1 unspecified atom stereocenters. The van der Waals surface area contributed by atoms with E-state index in [4.69, 9.17) is 0 Å². The lowest BCUT2D eigenvalue weighted by atomic mass is 10.1. The summed E-state index contributed by atoms with van der Waals surface area (Å²) in [5.41, 5.74) is -0.151. The summed E-state index contributed by atoms with van der Waals surface area (Å²) in [5.74, 6) is -6.17. The topological polar surface area (TPSA) is 0 Å². The minimum Gasteiger partial charge on any atom is -0.203 e. The maximum Gasteiger partial charge on any atom is 0.198 e. The van der Waals surface area contributed by atoms with Crippen LogP contribution in [0.4, 0.5) is 17.6 Å². The summed E-state index contributed by atoms with van der Waals surface area (Å²) in [7, 11) is 1.86. The molecular formula is C8H7F4P. The monoisotopic (exact) mass is 210 g/mol. The van der Waals surface area contributed by atoms with Crippen molar-refractivity contribution < 1.29 is 17.6 Å². The molecule has 0 bridgehead atoms. The highest BCUT2D eigenvalue weighted by molar-refractivity contribution is 7.27. The van der Waals surface area contributed by atoms with Gasteiger partial charge in [0.05, 0.1) is 0 Å². The second kappa shape index (κ2) is 3.62. The van der Waals surface area contributed by atoms with Crippen LogP contribution >= 0.6 is 9.24 Å². The molecule has 0 aromatic heterocycles. The van der Waals surface area contributed by atoms with E-state index in [-0.39, 0.29) is 17.3 Å². The van der Waals surface area contributed by atoms with E-state index >= 15 is 0 Å². The molecule has 0 fully saturated rings. The summed E-state index contributed by atoms with van der Waals surface area (Å²) < 4.78 is 50.9. The zero-order chi connectivity index (χ0) is 10.2. The molecule has 1 aromatic carbocycles. The van der Waals surface area contributed by atoms with E-state index in [1.807, 2.05) is 9.24 Å². The largest absolute Gasteiger partial charge is 0.203 e. The van der Waals surface area contributed by atoms with E-state index in [0.29, 0.717) is 0 Å². The Bertz CT molecular complexity index is 319.